The average molecular weight is 364 g/mol. The quantitative estimate of drug-likeness (QED) is 0.663. The van der Waals surface area contributed by atoms with E-state index in [2.05, 4.69) is 10.3 Å². The number of nitrogens with zero attached hydrogens (tertiary/aromatic N) is 1. The highest BCUT2D eigenvalue weighted by Gasteiger charge is 2.18. The lowest BCUT2D eigenvalue weighted by atomic mass is 10.2. The van der Waals surface area contributed by atoms with Gasteiger partial charge in [0, 0.05) is 22.6 Å². The minimum Gasteiger partial charge on any atom is -0.377 e. The van der Waals surface area contributed by atoms with Gasteiger partial charge in [-0.05, 0) is 37.1 Å². The Morgan fingerprint density at radius 3 is 2.92 bits per heavy atom. The van der Waals surface area contributed by atoms with E-state index in [4.69, 9.17) is 4.74 Å². The summed E-state index contributed by atoms with van der Waals surface area (Å²) < 4.78 is 5.68. The topological polar surface area (TPSA) is 51.2 Å². The van der Waals surface area contributed by atoms with E-state index in [-0.39, 0.29) is 5.91 Å². The van der Waals surface area contributed by atoms with Gasteiger partial charge in [-0.25, -0.2) is 0 Å². The number of nitrogens with one attached hydrogen (secondary N) is 1. The number of carbonyl (C=O) groups excluding carboxylic acids is 1. The summed E-state index contributed by atoms with van der Waals surface area (Å²) in [6.45, 7) is 0.850. The molecule has 1 N–H and O–H groups in total. The zero-order chi connectivity index (χ0) is 17.8. The first-order valence-electron chi connectivity index (χ1n) is 8.79. The maximum atomic E-state index is 12.8. The first-order valence-corrected chi connectivity index (χ1v) is 9.78. The Hall–Kier alpha value is -2.37. The van der Waals surface area contributed by atoms with E-state index in [1.54, 1.807) is 18.0 Å². The highest BCUT2D eigenvalue weighted by atomic mass is 32.2. The van der Waals surface area contributed by atoms with Crippen LogP contribution in [0.3, 0.4) is 0 Å². The smallest absolute Gasteiger partial charge is 0.256 e. The van der Waals surface area contributed by atoms with Gasteiger partial charge in [-0.15, -0.1) is 11.8 Å². The fraction of sp³-hybridized carbons (Fsp3) is 0.238. The fourth-order valence-electron chi connectivity index (χ4n) is 3.08. The number of anilines is 1. The number of hydrogen-bond acceptors (Lipinski definition) is 4. The Labute approximate surface area is 157 Å². The Morgan fingerprint density at radius 2 is 2.04 bits per heavy atom. The first kappa shape index (κ1) is 17.1. The number of ether oxygens (including phenoxy) is 1. The standard InChI is InChI=1S/C21H20N2O2S/c24-21(23-16-12-15-6-1-3-9-19(15)22-13-16)18-8-2-4-10-20(18)26-14-17-7-5-11-25-17/h1-4,6,8-10,12-13,17H,5,7,11,14H2,(H,23,24). The Bertz CT molecular complexity index is 923. The van der Waals surface area contributed by atoms with Crippen LogP contribution in [0.2, 0.25) is 0 Å². The highest BCUT2D eigenvalue weighted by molar-refractivity contribution is 7.99. The normalized spacial score (nSPS) is 16.7. The van der Waals surface area contributed by atoms with Crippen molar-refractivity contribution in [2.45, 2.75) is 23.8 Å². The second-order valence-corrected chi connectivity index (χ2v) is 7.37. The second kappa shape index (κ2) is 7.89. The van der Waals surface area contributed by atoms with Crippen LogP contribution in [-0.4, -0.2) is 29.4 Å². The molecule has 1 aliphatic heterocycles. The van der Waals surface area contributed by atoms with Crippen molar-refractivity contribution >= 4 is 34.3 Å². The van der Waals surface area contributed by atoms with Gasteiger partial charge in [0.2, 0.25) is 0 Å². The molecule has 1 aliphatic rings. The van der Waals surface area contributed by atoms with Crippen LogP contribution >= 0.6 is 11.8 Å². The number of benzene rings is 2. The summed E-state index contributed by atoms with van der Waals surface area (Å²) in [5.74, 6) is 0.763. The molecule has 132 valence electrons. The molecule has 1 atom stereocenters. The highest BCUT2D eigenvalue weighted by Crippen LogP contribution is 2.27. The minimum atomic E-state index is -0.113. The number of hydrogen-bond donors (Lipinski definition) is 1. The van der Waals surface area contributed by atoms with Gasteiger partial charge in [-0.1, -0.05) is 30.3 Å². The van der Waals surface area contributed by atoms with Crippen molar-refractivity contribution in [3.63, 3.8) is 0 Å². The number of fused-ring (bicyclic) bond motifs is 1. The van der Waals surface area contributed by atoms with Crippen molar-refractivity contribution in [3.05, 3.63) is 66.4 Å². The molecule has 5 heteroatoms. The Kier molecular flexibility index (Phi) is 5.18. The third kappa shape index (κ3) is 3.89. The van der Waals surface area contributed by atoms with Crippen LogP contribution in [0, 0.1) is 0 Å². The summed E-state index contributed by atoms with van der Waals surface area (Å²) in [5, 5.41) is 3.98. The van der Waals surface area contributed by atoms with Crippen LogP contribution in [0.15, 0.2) is 65.7 Å². The molecule has 2 heterocycles. The van der Waals surface area contributed by atoms with Crippen LogP contribution in [0.5, 0.6) is 0 Å². The summed E-state index contributed by atoms with van der Waals surface area (Å²) >= 11 is 1.68. The molecule has 0 saturated carbocycles. The third-order valence-corrected chi connectivity index (χ3v) is 5.63. The molecule has 1 aromatic heterocycles. The van der Waals surface area contributed by atoms with E-state index < -0.39 is 0 Å². The molecule has 0 radical (unpaired) electrons. The van der Waals surface area contributed by atoms with Gasteiger partial charge in [-0.2, -0.15) is 0 Å². The molecule has 2 aromatic carbocycles. The molecule has 1 amide bonds. The van der Waals surface area contributed by atoms with Gasteiger partial charge < -0.3 is 10.1 Å². The monoisotopic (exact) mass is 364 g/mol. The van der Waals surface area contributed by atoms with Crippen molar-refractivity contribution in [1.82, 2.24) is 4.98 Å². The zero-order valence-electron chi connectivity index (χ0n) is 14.4. The van der Waals surface area contributed by atoms with Crippen molar-refractivity contribution in [2.75, 3.05) is 17.7 Å². The van der Waals surface area contributed by atoms with Crippen LogP contribution in [0.4, 0.5) is 5.69 Å². The predicted molar refractivity (Wildman–Crippen MR) is 106 cm³/mol. The van der Waals surface area contributed by atoms with Crippen LogP contribution in [0.25, 0.3) is 10.9 Å². The van der Waals surface area contributed by atoms with Gasteiger partial charge >= 0.3 is 0 Å². The molecular formula is C21H20N2O2S. The second-order valence-electron chi connectivity index (χ2n) is 6.31. The number of rotatable bonds is 5. The number of para-hydroxylation sites is 1. The van der Waals surface area contributed by atoms with E-state index >= 15 is 0 Å². The summed E-state index contributed by atoms with van der Waals surface area (Å²) in [4.78, 5) is 18.2. The molecular weight excluding hydrogens is 344 g/mol. The first-order chi connectivity index (χ1) is 12.8. The molecule has 1 saturated heterocycles. The lowest BCUT2D eigenvalue weighted by Crippen LogP contribution is -2.14. The van der Waals surface area contributed by atoms with E-state index in [1.165, 1.54) is 0 Å². The van der Waals surface area contributed by atoms with E-state index in [9.17, 15) is 4.79 Å². The summed E-state index contributed by atoms with van der Waals surface area (Å²) in [5.41, 5.74) is 2.30. The van der Waals surface area contributed by atoms with Crippen LogP contribution in [0.1, 0.15) is 23.2 Å². The van der Waals surface area contributed by atoms with E-state index in [0.29, 0.717) is 17.4 Å². The predicted octanol–water partition coefficient (Wildman–Crippen LogP) is 4.76. The molecule has 0 bridgehead atoms. The van der Waals surface area contributed by atoms with E-state index in [0.717, 1.165) is 41.0 Å². The molecule has 1 fully saturated rings. The van der Waals surface area contributed by atoms with Gasteiger partial charge in [0.25, 0.3) is 5.91 Å². The number of amides is 1. The van der Waals surface area contributed by atoms with Crippen molar-refractivity contribution in [2.24, 2.45) is 0 Å². The number of aromatic nitrogens is 1. The maximum absolute atomic E-state index is 12.8. The van der Waals surface area contributed by atoms with Crippen LogP contribution < -0.4 is 5.32 Å². The molecule has 1 unspecified atom stereocenters. The lowest BCUT2D eigenvalue weighted by molar-refractivity contribution is 0.102. The van der Waals surface area contributed by atoms with Crippen molar-refractivity contribution in [1.29, 1.82) is 0 Å². The van der Waals surface area contributed by atoms with Gasteiger partial charge in [0.1, 0.15) is 0 Å². The van der Waals surface area contributed by atoms with Crippen LogP contribution in [-0.2, 0) is 4.74 Å². The SMILES string of the molecule is O=C(Nc1cnc2ccccc2c1)c1ccccc1SCC1CCCO1. The number of pyridine rings is 1. The molecule has 0 spiro atoms. The molecule has 4 rings (SSSR count). The Balaban J connectivity index is 1.49. The molecule has 0 aliphatic carbocycles. The number of carbonyl (C=O) groups is 1. The van der Waals surface area contributed by atoms with Crippen molar-refractivity contribution < 1.29 is 9.53 Å². The third-order valence-electron chi connectivity index (χ3n) is 4.43. The zero-order valence-corrected chi connectivity index (χ0v) is 15.2. The average Bonchev–Trinajstić information content (AvgIpc) is 3.20. The Morgan fingerprint density at radius 1 is 1.19 bits per heavy atom. The van der Waals surface area contributed by atoms with E-state index in [1.807, 2.05) is 54.6 Å². The largest absolute Gasteiger partial charge is 0.377 e. The fourth-order valence-corrected chi connectivity index (χ4v) is 4.20. The van der Waals surface area contributed by atoms with Crippen molar-refractivity contribution in [3.8, 4) is 0 Å². The molecule has 4 nitrogen and oxygen atoms in total. The summed E-state index contributed by atoms with van der Waals surface area (Å²) in [6, 6.07) is 17.5. The maximum Gasteiger partial charge on any atom is 0.256 e. The lowest BCUT2D eigenvalue weighted by Gasteiger charge is -2.12. The van der Waals surface area contributed by atoms with Gasteiger partial charge in [-0.3, -0.25) is 9.78 Å². The molecule has 3 aromatic rings. The molecule has 26 heavy (non-hydrogen) atoms. The van der Waals surface area contributed by atoms with Gasteiger partial charge in [0.05, 0.1) is 29.1 Å². The minimum absolute atomic E-state index is 0.113. The van der Waals surface area contributed by atoms with Gasteiger partial charge in [0.15, 0.2) is 0 Å². The summed E-state index contributed by atoms with van der Waals surface area (Å²) in [7, 11) is 0. The number of thioether (sulfide) groups is 1. The summed E-state index contributed by atoms with van der Waals surface area (Å²) in [6.07, 6.45) is 4.22.